The van der Waals surface area contributed by atoms with Gasteiger partial charge in [-0.2, -0.15) is 0 Å². The standard InChI is InChI=1S/C54H58N8O4S2/c63-51(47(41-15-5-1-6-16-41)57-53(65)59-29-9-3-10-30-59)61-33-13-19-43(61)49-55-35-45(67-49)39-25-21-37(22-26-39)38-23-27-40(28-24-38)46-36-56-50(68-46)44-20-14-34-62(44)52(64)48(42-17-7-2-8-18-42)58-54(66)60-31-11-4-12-32-60/h1-2,5-8,15-18,21-28,35-36,43-44,47-48H,3-4,9-14,19-20,29-34H2,(H,57,65)(H,58,66)/t43-,44-,47+,48+/m0/s1. The highest BCUT2D eigenvalue weighted by atomic mass is 32.1. The van der Waals surface area contributed by atoms with Crippen LogP contribution < -0.4 is 10.6 Å². The Kier molecular flexibility index (Phi) is 13.9. The lowest BCUT2D eigenvalue weighted by molar-refractivity contribution is -0.135. The van der Waals surface area contributed by atoms with Crippen LogP contribution >= 0.6 is 22.7 Å². The molecule has 12 nitrogen and oxygen atoms in total. The summed E-state index contributed by atoms with van der Waals surface area (Å²) in [7, 11) is 0. The summed E-state index contributed by atoms with van der Waals surface area (Å²) in [6, 6.07) is 34.0. The minimum absolute atomic E-state index is 0.0947. The van der Waals surface area contributed by atoms with E-state index in [0.29, 0.717) is 39.3 Å². The summed E-state index contributed by atoms with van der Waals surface area (Å²) in [4.78, 5) is 74.8. The van der Waals surface area contributed by atoms with Crippen molar-refractivity contribution in [2.75, 3.05) is 39.3 Å². The summed E-state index contributed by atoms with van der Waals surface area (Å²) in [5.41, 5.74) is 5.90. The molecule has 0 spiro atoms. The number of rotatable bonds is 11. The number of hydrogen-bond donors (Lipinski definition) is 2. The number of piperidine rings is 2. The van der Waals surface area contributed by atoms with Gasteiger partial charge in [0.2, 0.25) is 11.8 Å². The molecule has 4 aliphatic rings. The molecule has 350 valence electrons. The first-order chi connectivity index (χ1) is 33.4. The van der Waals surface area contributed by atoms with Crippen molar-refractivity contribution in [1.82, 2.24) is 40.2 Å². The third kappa shape index (κ3) is 9.93. The molecule has 6 amide bonds. The van der Waals surface area contributed by atoms with Crippen LogP contribution in [0, 0.1) is 0 Å². The summed E-state index contributed by atoms with van der Waals surface area (Å²) in [6.07, 6.45) is 13.4. The van der Waals surface area contributed by atoms with Crippen molar-refractivity contribution in [2.24, 2.45) is 0 Å². The van der Waals surface area contributed by atoms with Gasteiger partial charge in [0.15, 0.2) is 0 Å². The Balaban J connectivity index is 0.790. The van der Waals surface area contributed by atoms with Crippen molar-refractivity contribution >= 4 is 46.6 Å². The van der Waals surface area contributed by atoms with Crippen molar-refractivity contribution in [3.05, 3.63) is 143 Å². The number of nitrogens with one attached hydrogen (secondary N) is 2. The Hall–Kier alpha value is -6.38. The van der Waals surface area contributed by atoms with Crippen LogP contribution in [0.2, 0.25) is 0 Å². The second-order valence-corrected chi connectivity index (χ2v) is 20.5. The van der Waals surface area contributed by atoms with Gasteiger partial charge < -0.3 is 30.2 Å². The number of carbonyl (C=O) groups is 4. The van der Waals surface area contributed by atoms with Gasteiger partial charge in [-0.15, -0.1) is 22.7 Å². The van der Waals surface area contributed by atoms with Crippen molar-refractivity contribution in [3.63, 3.8) is 0 Å². The topological polar surface area (TPSA) is 131 Å². The number of thiazole rings is 2. The highest BCUT2D eigenvalue weighted by molar-refractivity contribution is 7.15. The Morgan fingerprint density at radius 3 is 1.21 bits per heavy atom. The number of benzene rings is 4. The summed E-state index contributed by atoms with van der Waals surface area (Å²) in [5, 5.41) is 8.02. The Morgan fingerprint density at radius 1 is 0.456 bits per heavy atom. The zero-order valence-corrected chi connectivity index (χ0v) is 39.9. The first-order valence-corrected chi connectivity index (χ1v) is 26.0. The highest BCUT2D eigenvalue weighted by Gasteiger charge is 2.39. The molecule has 10 rings (SSSR count). The lowest BCUT2D eigenvalue weighted by Crippen LogP contribution is -2.48. The highest BCUT2D eigenvalue weighted by Crippen LogP contribution is 2.41. The minimum Gasteiger partial charge on any atom is -0.331 e. The van der Waals surface area contributed by atoms with E-state index in [-0.39, 0.29) is 36.0 Å². The van der Waals surface area contributed by atoms with E-state index in [1.54, 1.807) is 22.7 Å². The van der Waals surface area contributed by atoms with Crippen LogP contribution in [-0.4, -0.2) is 92.7 Å². The average Bonchev–Trinajstić information content (AvgIpc) is 4.26. The predicted molar refractivity (Wildman–Crippen MR) is 268 cm³/mol. The molecule has 4 fully saturated rings. The van der Waals surface area contributed by atoms with Gasteiger partial charge in [0.25, 0.3) is 0 Å². The monoisotopic (exact) mass is 946 g/mol. The molecule has 0 unspecified atom stereocenters. The number of carbonyl (C=O) groups excluding carboxylic acids is 4. The van der Waals surface area contributed by atoms with E-state index in [0.717, 1.165) is 117 Å². The van der Waals surface area contributed by atoms with Crippen LogP contribution in [0.1, 0.15) is 110 Å². The number of aromatic nitrogens is 2. The maximum atomic E-state index is 14.4. The van der Waals surface area contributed by atoms with Gasteiger partial charge in [0, 0.05) is 51.7 Å². The van der Waals surface area contributed by atoms with E-state index in [1.807, 2.05) is 92.7 Å². The molecule has 0 bridgehead atoms. The molecule has 4 aliphatic heterocycles. The summed E-state index contributed by atoms with van der Waals surface area (Å²) < 4.78 is 0. The molecule has 6 heterocycles. The van der Waals surface area contributed by atoms with E-state index < -0.39 is 12.1 Å². The molecular weight excluding hydrogens is 889 g/mol. The van der Waals surface area contributed by atoms with Crippen LogP contribution in [0.15, 0.2) is 122 Å². The van der Waals surface area contributed by atoms with Gasteiger partial charge in [-0.25, -0.2) is 19.6 Å². The van der Waals surface area contributed by atoms with E-state index in [2.05, 4.69) is 59.2 Å². The molecule has 0 aliphatic carbocycles. The fourth-order valence-electron chi connectivity index (χ4n) is 10.2. The van der Waals surface area contributed by atoms with E-state index in [9.17, 15) is 19.2 Å². The summed E-state index contributed by atoms with van der Waals surface area (Å²) in [6.45, 7) is 4.09. The SMILES string of the molecule is O=C(N[C@@H](C(=O)N1CCC[C@H]1c1ncc(-c2ccc(-c3ccc(-c4cnc([C@@H]5CCCN5C(=O)[C@H](NC(=O)N5CCCCC5)c5ccccc5)s4)cc3)cc2)s1)c1ccccc1)N1CCCCC1. The van der Waals surface area contributed by atoms with Crippen molar-refractivity contribution in [3.8, 4) is 32.0 Å². The largest absolute Gasteiger partial charge is 0.331 e. The Morgan fingerprint density at radius 2 is 0.824 bits per heavy atom. The molecule has 14 heteroatoms. The van der Waals surface area contributed by atoms with Crippen molar-refractivity contribution < 1.29 is 19.2 Å². The number of urea groups is 2. The third-order valence-corrected chi connectivity index (χ3v) is 16.2. The molecule has 0 saturated carbocycles. The predicted octanol–water partition coefficient (Wildman–Crippen LogP) is 10.8. The molecule has 2 aromatic heterocycles. The second kappa shape index (κ2) is 20.9. The average molecular weight is 947 g/mol. The second-order valence-electron chi connectivity index (χ2n) is 18.3. The molecule has 68 heavy (non-hydrogen) atoms. The van der Waals surface area contributed by atoms with Crippen LogP contribution in [0.25, 0.3) is 32.0 Å². The Bertz CT molecular complexity index is 2500. The van der Waals surface area contributed by atoms with Gasteiger partial charge >= 0.3 is 12.1 Å². The van der Waals surface area contributed by atoms with Crippen molar-refractivity contribution in [2.45, 2.75) is 88.4 Å². The Labute approximate surface area is 406 Å². The summed E-state index contributed by atoms with van der Waals surface area (Å²) >= 11 is 3.25. The number of hydrogen-bond acceptors (Lipinski definition) is 8. The lowest BCUT2D eigenvalue weighted by atomic mass is 10.0. The number of amides is 6. The van der Waals surface area contributed by atoms with E-state index >= 15 is 0 Å². The van der Waals surface area contributed by atoms with Crippen LogP contribution in [0.4, 0.5) is 9.59 Å². The van der Waals surface area contributed by atoms with E-state index in [4.69, 9.17) is 9.97 Å². The smallest absolute Gasteiger partial charge is 0.318 e. The van der Waals surface area contributed by atoms with Gasteiger partial charge in [-0.1, -0.05) is 109 Å². The lowest BCUT2D eigenvalue weighted by Gasteiger charge is -2.32. The third-order valence-electron chi connectivity index (χ3n) is 13.9. The zero-order chi connectivity index (χ0) is 46.4. The molecule has 0 radical (unpaired) electrons. The van der Waals surface area contributed by atoms with Crippen LogP contribution in [-0.2, 0) is 9.59 Å². The molecule has 4 aromatic carbocycles. The number of nitrogens with zero attached hydrogens (tertiary/aromatic N) is 6. The summed E-state index contributed by atoms with van der Waals surface area (Å²) in [5.74, 6) is -0.189. The van der Waals surface area contributed by atoms with Gasteiger partial charge in [0.1, 0.15) is 22.1 Å². The van der Waals surface area contributed by atoms with Crippen LogP contribution in [0.5, 0.6) is 0 Å². The van der Waals surface area contributed by atoms with E-state index in [1.165, 1.54) is 0 Å². The first-order valence-electron chi connectivity index (χ1n) is 24.3. The molecule has 6 aromatic rings. The fraction of sp³-hybridized carbons (Fsp3) is 0.370. The van der Waals surface area contributed by atoms with Crippen LogP contribution in [0.3, 0.4) is 0 Å². The zero-order valence-electron chi connectivity index (χ0n) is 38.3. The van der Waals surface area contributed by atoms with Gasteiger partial charge in [0.05, 0.1) is 21.8 Å². The maximum Gasteiger partial charge on any atom is 0.318 e. The number of likely N-dealkylation sites (tertiary alicyclic amines) is 4. The molecular formula is C54H58N8O4S2. The fourth-order valence-corrected chi connectivity index (χ4v) is 12.3. The van der Waals surface area contributed by atoms with Crippen molar-refractivity contribution in [1.29, 1.82) is 0 Å². The molecule has 4 atom stereocenters. The van der Waals surface area contributed by atoms with Gasteiger partial charge in [-0.05, 0) is 97.6 Å². The molecule has 2 N–H and O–H groups in total. The normalized spacial score (nSPS) is 19.4. The maximum absolute atomic E-state index is 14.4. The quantitative estimate of drug-likeness (QED) is 0.133. The first kappa shape index (κ1) is 45.4. The minimum atomic E-state index is -0.767. The molecule has 4 saturated heterocycles. The van der Waals surface area contributed by atoms with Gasteiger partial charge in [-0.3, -0.25) is 9.59 Å².